The van der Waals surface area contributed by atoms with Crippen molar-refractivity contribution in [2.45, 2.75) is 181 Å². The van der Waals surface area contributed by atoms with Crippen molar-refractivity contribution in [3.8, 4) is 0 Å². The summed E-state index contributed by atoms with van der Waals surface area (Å²) in [6.07, 6.45) is 15.3. The second-order valence-corrected chi connectivity index (χ2v) is 30.5. The molecule has 4 aliphatic rings. The highest BCUT2D eigenvalue weighted by molar-refractivity contribution is 6.71. The standard InChI is InChI=1S/C34H68O3Si3/c1-13-23-39(9,10)36-28-17-20-32(4)27(25-28)15-16-29-30(32)18-21-33(5)31(29)19-22-34(33,26(3)35-38(6,7)8)37-40(11,12)24-14-2/h26-31H,13-25H2,1-12H3. The van der Waals surface area contributed by atoms with Crippen LogP contribution in [0.2, 0.25) is 57.9 Å². The van der Waals surface area contributed by atoms with E-state index < -0.39 is 25.0 Å². The molecule has 0 heterocycles. The van der Waals surface area contributed by atoms with Gasteiger partial charge in [0.25, 0.3) is 0 Å². The first-order valence-corrected chi connectivity index (χ1v) is 27.1. The Morgan fingerprint density at radius 1 is 0.750 bits per heavy atom. The van der Waals surface area contributed by atoms with Crippen molar-refractivity contribution in [3.63, 3.8) is 0 Å². The highest BCUT2D eigenvalue weighted by Gasteiger charge is 2.68. The zero-order valence-electron chi connectivity index (χ0n) is 28.9. The van der Waals surface area contributed by atoms with Crippen LogP contribution in [0.1, 0.15) is 105 Å². The van der Waals surface area contributed by atoms with E-state index >= 15 is 0 Å². The molecule has 40 heavy (non-hydrogen) atoms. The minimum atomic E-state index is -1.80. The summed E-state index contributed by atoms with van der Waals surface area (Å²) >= 11 is 0. The molecule has 4 aliphatic carbocycles. The number of hydrogen-bond donors (Lipinski definition) is 0. The molecular weight excluding hydrogens is 541 g/mol. The molecule has 0 radical (unpaired) electrons. The lowest BCUT2D eigenvalue weighted by Gasteiger charge is -2.63. The second kappa shape index (κ2) is 11.8. The van der Waals surface area contributed by atoms with Crippen molar-refractivity contribution in [1.82, 2.24) is 0 Å². The smallest absolute Gasteiger partial charge is 0.187 e. The maximum atomic E-state index is 7.62. The van der Waals surface area contributed by atoms with Crippen LogP contribution in [0, 0.1) is 34.5 Å². The summed E-state index contributed by atoms with van der Waals surface area (Å²) in [4.78, 5) is 0. The molecule has 0 aromatic rings. The van der Waals surface area contributed by atoms with E-state index in [-0.39, 0.29) is 17.1 Å². The lowest BCUT2D eigenvalue weighted by molar-refractivity contribution is -0.175. The van der Waals surface area contributed by atoms with Gasteiger partial charge in [-0.05, 0) is 152 Å². The molecule has 0 aliphatic heterocycles. The summed E-state index contributed by atoms with van der Waals surface area (Å²) in [5, 5.41) is 0. The van der Waals surface area contributed by atoms with Crippen molar-refractivity contribution in [3.05, 3.63) is 0 Å². The molecule has 234 valence electrons. The van der Waals surface area contributed by atoms with E-state index in [1.807, 2.05) is 0 Å². The van der Waals surface area contributed by atoms with Crippen molar-refractivity contribution < 1.29 is 13.3 Å². The third kappa shape index (κ3) is 6.34. The maximum Gasteiger partial charge on any atom is 0.187 e. The summed E-state index contributed by atoms with van der Waals surface area (Å²) < 4.78 is 21.5. The van der Waals surface area contributed by atoms with Gasteiger partial charge in [0.15, 0.2) is 25.0 Å². The first kappa shape index (κ1) is 33.4. The molecule has 3 nitrogen and oxygen atoms in total. The molecule has 0 amide bonds. The average Bonchev–Trinajstić information content (AvgIpc) is 3.10. The molecule has 9 unspecified atom stereocenters. The van der Waals surface area contributed by atoms with Gasteiger partial charge in [-0.1, -0.05) is 40.5 Å². The summed E-state index contributed by atoms with van der Waals surface area (Å²) in [6, 6.07) is 2.56. The van der Waals surface area contributed by atoms with Crippen LogP contribution in [0.5, 0.6) is 0 Å². The van der Waals surface area contributed by atoms with Crippen LogP contribution in [0.25, 0.3) is 0 Å². The van der Waals surface area contributed by atoms with Gasteiger partial charge >= 0.3 is 0 Å². The summed E-state index contributed by atoms with van der Waals surface area (Å²) in [5.74, 6) is 3.39. The lowest BCUT2D eigenvalue weighted by atomic mass is 9.44. The molecule has 4 rings (SSSR count). The first-order chi connectivity index (χ1) is 18.4. The van der Waals surface area contributed by atoms with Crippen LogP contribution < -0.4 is 0 Å². The second-order valence-electron chi connectivity index (χ2n) is 17.5. The SMILES string of the molecule is CCC[Si](C)(C)OC1CCC2(C)C(CCC3C2CCC2(C)C3CCC2(O[Si](C)(C)CCC)C(C)O[Si](C)(C)C)C1. The van der Waals surface area contributed by atoms with Gasteiger partial charge < -0.3 is 13.3 Å². The molecule has 0 saturated heterocycles. The Morgan fingerprint density at radius 3 is 2.00 bits per heavy atom. The fraction of sp³-hybridized carbons (Fsp3) is 1.00. The van der Waals surface area contributed by atoms with Crippen LogP contribution in [-0.4, -0.2) is 42.8 Å². The van der Waals surface area contributed by atoms with Crippen molar-refractivity contribution in [2.75, 3.05) is 0 Å². The van der Waals surface area contributed by atoms with E-state index in [0.29, 0.717) is 11.5 Å². The van der Waals surface area contributed by atoms with Gasteiger partial charge in [-0.2, -0.15) is 0 Å². The molecular formula is C34H68O3Si3. The number of hydrogen-bond acceptors (Lipinski definition) is 3. The Balaban J connectivity index is 1.57. The highest BCUT2D eigenvalue weighted by Crippen LogP contribution is 2.70. The van der Waals surface area contributed by atoms with Crippen LogP contribution in [0.3, 0.4) is 0 Å². The summed E-state index contributed by atoms with van der Waals surface area (Å²) in [5.41, 5.74) is 0.612. The number of fused-ring (bicyclic) bond motifs is 5. The lowest BCUT2D eigenvalue weighted by Crippen LogP contribution is -2.64. The van der Waals surface area contributed by atoms with Gasteiger partial charge in [0.05, 0.1) is 11.7 Å². The van der Waals surface area contributed by atoms with E-state index in [9.17, 15) is 0 Å². The topological polar surface area (TPSA) is 27.7 Å². The Hall–Kier alpha value is 0.531. The van der Waals surface area contributed by atoms with Crippen molar-refractivity contribution >= 4 is 25.0 Å². The Kier molecular flexibility index (Phi) is 9.86. The van der Waals surface area contributed by atoms with Gasteiger partial charge in [-0.15, -0.1) is 0 Å². The van der Waals surface area contributed by atoms with Crippen molar-refractivity contribution in [2.24, 2.45) is 34.5 Å². The van der Waals surface area contributed by atoms with Crippen LogP contribution in [0.15, 0.2) is 0 Å². The van der Waals surface area contributed by atoms with Gasteiger partial charge in [0.1, 0.15) is 0 Å². The minimum Gasteiger partial charge on any atom is -0.414 e. The molecule has 6 heteroatoms. The van der Waals surface area contributed by atoms with Gasteiger partial charge in [-0.25, -0.2) is 0 Å². The fourth-order valence-electron chi connectivity index (χ4n) is 11.2. The fourth-order valence-corrected chi connectivity index (χ4v) is 17.6. The molecule has 4 saturated carbocycles. The van der Waals surface area contributed by atoms with E-state index in [0.717, 1.165) is 23.7 Å². The monoisotopic (exact) mass is 608 g/mol. The maximum absolute atomic E-state index is 7.62. The number of rotatable bonds is 11. The van der Waals surface area contributed by atoms with Crippen LogP contribution >= 0.6 is 0 Å². The van der Waals surface area contributed by atoms with E-state index in [4.69, 9.17) is 13.3 Å². The summed E-state index contributed by atoms with van der Waals surface area (Å²) in [6.45, 7) is 29.4. The normalized spacial score (nSPS) is 41.2. The molecule has 4 fully saturated rings. The molecule has 0 aromatic carbocycles. The third-order valence-corrected chi connectivity index (χ3v) is 19.0. The largest absolute Gasteiger partial charge is 0.414 e. The van der Waals surface area contributed by atoms with Gasteiger partial charge in [-0.3, -0.25) is 0 Å². The molecule has 0 spiro atoms. The van der Waals surface area contributed by atoms with Gasteiger partial charge in [0.2, 0.25) is 0 Å². The molecule has 9 atom stereocenters. The Labute approximate surface area is 253 Å². The Morgan fingerprint density at radius 2 is 1.38 bits per heavy atom. The molecule has 0 N–H and O–H groups in total. The minimum absolute atomic E-state index is 0.119. The molecule has 0 bridgehead atoms. The zero-order valence-corrected chi connectivity index (χ0v) is 31.9. The van der Waals surface area contributed by atoms with E-state index in [1.54, 1.807) is 0 Å². The molecule has 0 aromatic heterocycles. The van der Waals surface area contributed by atoms with Gasteiger partial charge in [0, 0.05) is 11.5 Å². The predicted octanol–water partition coefficient (Wildman–Crippen LogP) is 10.6. The van der Waals surface area contributed by atoms with E-state index in [1.165, 1.54) is 82.7 Å². The predicted molar refractivity (Wildman–Crippen MR) is 179 cm³/mol. The Bertz CT molecular complexity index is 871. The third-order valence-electron chi connectivity index (χ3n) is 12.6. The summed E-state index contributed by atoms with van der Waals surface area (Å²) in [7, 11) is -5.01. The highest BCUT2D eigenvalue weighted by atomic mass is 28.4. The quantitative estimate of drug-likeness (QED) is 0.218. The average molecular weight is 609 g/mol. The first-order valence-electron chi connectivity index (χ1n) is 17.5. The van der Waals surface area contributed by atoms with Crippen LogP contribution in [0.4, 0.5) is 0 Å². The van der Waals surface area contributed by atoms with Crippen LogP contribution in [-0.2, 0) is 13.3 Å². The zero-order chi connectivity index (χ0) is 29.8. The van der Waals surface area contributed by atoms with Crippen molar-refractivity contribution in [1.29, 1.82) is 0 Å². The van der Waals surface area contributed by atoms with E-state index in [2.05, 4.69) is 80.4 Å².